The number of rotatable bonds is 12. The molecular formula is C24H33FN4O4S. The number of carbonyl (C=O) groups excluding carboxylic acids is 2. The molecule has 2 aromatic rings. The first kappa shape index (κ1) is 27.3. The Morgan fingerprint density at radius 2 is 1.65 bits per heavy atom. The average Bonchev–Trinajstić information content (AvgIpc) is 2.81. The lowest BCUT2D eigenvalue weighted by molar-refractivity contribution is -0.139. The number of anilines is 1. The summed E-state index contributed by atoms with van der Waals surface area (Å²) in [6.07, 6.45) is 1.67. The van der Waals surface area contributed by atoms with E-state index in [4.69, 9.17) is 0 Å². The molecule has 0 saturated carbocycles. The lowest BCUT2D eigenvalue weighted by Gasteiger charge is -2.32. The van der Waals surface area contributed by atoms with Crippen LogP contribution < -0.4 is 9.62 Å². The van der Waals surface area contributed by atoms with Gasteiger partial charge < -0.3 is 10.2 Å². The van der Waals surface area contributed by atoms with Crippen molar-refractivity contribution in [3.8, 4) is 0 Å². The quantitative estimate of drug-likeness (QED) is 0.462. The first-order chi connectivity index (χ1) is 16.1. The molecule has 34 heavy (non-hydrogen) atoms. The van der Waals surface area contributed by atoms with E-state index in [0.29, 0.717) is 12.2 Å². The highest BCUT2D eigenvalue weighted by Crippen LogP contribution is 2.21. The Morgan fingerprint density at radius 3 is 2.24 bits per heavy atom. The van der Waals surface area contributed by atoms with Crippen LogP contribution in [0.3, 0.4) is 0 Å². The fraction of sp³-hybridized carbons (Fsp3) is 0.417. The van der Waals surface area contributed by atoms with Crippen molar-refractivity contribution < 1.29 is 22.4 Å². The van der Waals surface area contributed by atoms with Crippen LogP contribution in [0.4, 0.5) is 10.1 Å². The van der Waals surface area contributed by atoms with E-state index in [2.05, 4.69) is 5.32 Å². The molecular weight excluding hydrogens is 459 g/mol. The number of carbonyl (C=O) groups is 2. The van der Waals surface area contributed by atoms with Crippen molar-refractivity contribution in [1.82, 2.24) is 14.5 Å². The summed E-state index contributed by atoms with van der Waals surface area (Å²) in [6.45, 7) is 3.26. The van der Waals surface area contributed by atoms with Gasteiger partial charge in [0.15, 0.2) is 0 Å². The van der Waals surface area contributed by atoms with E-state index in [1.807, 2.05) is 6.92 Å². The van der Waals surface area contributed by atoms with Crippen LogP contribution >= 0.6 is 0 Å². The van der Waals surface area contributed by atoms with Crippen LogP contribution in [0.25, 0.3) is 0 Å². The molecule has 1 unspecified atom stereocenters. The first-order valence-corrected chi connectivity index (χ1v) is 12.5. The SMILES string of the molecule is CCCCNC(=O)C(C)N(Cc1ccccc1F)C(=O)CN(c1ccccc1)S(=O)(=O)N(C)C. The standard InChI is InChI=1S/C24H33FN4O4S/c1-5-6-16-26-24(31)19(2)28(17-20-12-10-11-15-22(20)25)23(30)18-29(34(32,33)27(3)4)21-13-8-7-9-14-21/h7-15,19H,5-6,16-18H2,1-4H3,(H,26,31). The first-order valence-electron chi connectivity index (χ1n) is 11.1. The van der Waals surface area contributed by atoms with Gasteiger partial charge in [-0.2, -0.15) is 12.7 Å². The van der Waals surface area contributed by atoms with Crippen molar-refractivity contribution in [2.24, 2.45) is 0 Å². The second-order valence-electron chi connectivity index (χ2n) is 8.07. The largest absolute Gasteiger partial charge is 0.354 e. The zero-order valence-corrected chi connectivity index (χ0v) is 20.9. The molecule has 0 aromatic heterocycles. The van der Waals surface area contributed by atoms with Crippen LogP contribution in [0.1, 0.15) is 32.3 Å². The molecule has 0 fully saturated rings. The Hall–Kier alpha value is -2.98. The second kappa shape index (κ2) is 12.5. The van der Waals surface area contributed by atoms with Crippen LogP contribution in [0.5, 0.6) is 0 Å². The number of benzene rings is 2. The van der Waals surface area contributed by atoms with Crippen LogP contribution in [0.2, 0.25) is 0 Å². The van der Waals surface area contributed by atoms with E-state index in [9.17, 15) is 22.4 Å². The van der Waals surface area contributed by atoms with Crippen LogP contribution in [0.15, 0.2) is 54.6 Å². The van der Waals surface area contributed by atoms with E-state index in [0.717, 1.165) is 21.5 Å². The summed E-state index contributed by atoms with van der Waals surface area (Å²) in [5, 5.41) is 2.79. The third-order valence-electron chi connectivity index (χ3n) is 5.36. The van der Waals surface area contributed by atoms with Crippen molar-refractivity contribution >= 4 is 27.7 Å². The minimum Gasteiger partial charge on any atom is -0.354 e. The normalized spacial score (nSPS) is 12.3. The highest BCUT2D eigenvalue weighted by Gasteiger charge is 2.32. The third-order valence-corrected chi connectivity index (χ3v) is 7.18. The number of halogens is 1. The maximum Gasteiger partial charge on any atom is 0.304 e. The molecule has 0 aliphatic carbocycles. The molecule has 2 amide bonds. The zero-order chi connectivity index (χ0) is 25.3. The van der Waals surface area contributed by atoms with Crippen LogP contribution in [0, 0.1) is 5.82 Å². The molecule has 1 N–H and O–H groups in total. The summed E-state index contributed by atoms with van der Waals surface area (Å²) >= 11 is 0. The predicted octanol–water partition coefficient (Wildman–Crippen LogP) is 2.77. The van der Waals surface area contributed by atoms with E-state index >= 15 is 0 Å². The van der Waals surface area contributed by atoms with Crippen molar-refractivity contribution in [3.05, 3.63) is 66.0 Å². The van der Waals surface area contributed by atoms with Crippen molar-refractivity contribution in [1.29, 1.82) is 0 Å². The molecule has 0 aliphatic rings. The summed E-state index contributed by atoms with van der Waals surface area (Å²) in [4.78, 5) is 27.5. The van der Waals surface area contributed by atoms with E-state index in [1.165, 1.54) is 37.2 Å². The number of amides is 2. The van der Waals surface area contributed by atoms with Gasteiger partial charge in [0.2, 0.25) is 11.8 Å². The Balaban J connectivity index is 2.40. The fourth-order valence-electron chi connectivity index (χ4n) is 3.24. The van der Waals surface area contributed by atoms with Crippen LogP contribution in [-0.4, -0.2) is 62.7 Å². The van der Waals surface area contributed by atoms with E-state index in [-0.39, 0.29) is 18.0 Å². The van der Waals surface area contributed by atoms with Crippen molar-refractivity contribution in [2.75, 3.05) is 31.5 Å². The Morgan fingerprint density at radius 1 is 1.03 bits per heavy atom. The van der Waals surface area contributed by atoms with E-state index in [1.54, 1.807) is 43.3 Å². The monoisotopic (exact) mass is 492 g/mol. The van der Waals surface area contributed by atoms with Gasteiger partial charge in [-0.25, -0.2) is 8.70 Å². The highest BCUT2D eigenvalue weighted by atomic mass is 32.2. The van der Waals surface area contributed by atoms with Crippen molar-refractivity contribution in [2.45, 2.75) is 39.3 Å². The zero-order valence-electron chi connectivity index (χ0n) is 20.1. The Labute approximate surface area is 201 Å². The van der Waals surface area contributed by atoms with Gasteiger partial charge in [-0.05, 0) is 31.5 Å². The van der Waals surface area contributed by atoms with Gasteiger partial charge in [0.1, 0.15) is 18.4 Å². The number of nitrogens with zero attached hydrogens (tertiary/aromatic N) is 3. The highest BCUT2D eigenvalue weighted by molar-refractivity contribution is 7.90. The van der Waals surface area contributed by atoms with Gasteiger partial charge in [0.25, 0.3) is 0 Å². The van der Waals surface area contributed by atoms with E-state index < -0.39 is 34.5 Å². The lowest BCUT2D eigenvalue weighted by atomic mass is 10.1. The lowest BCUT2D eigenvalue weighted by Crippen LogP contribution is -2.52. The summed E-state index contributed by atoms with van der Waals surface area (Å²) in [6, 6.07) is 13.3. The number of nitrogens with one attached hydrogen (secondary N) is 1. The summed E-state index contributed by atoms with van der Waals surface area (Å²) in [5.74, 6) is -1.53. The molecule has 0 heterocycles. The average molecular weight is 493 g/mol. The maximum absolute atomic E-state index is 14.4. The Kier molecular flexibility index (Phi) is 10.0. The number of unbranched alkanes of at least 4 members (excludes halogenated alkanes) is 1. The molecule has 0 spiro atoms. The fourth-order valence-corrected chi connectivity index (χ4v) is 4.30. The number of hydrogen-bond acceptors (Lipinski definition) is 4. The molecule has 0 saturated heterocycles. The third kappa shape index (κ3) is 7.01. The molecule has 0 radical (unpaired) electrons. The van der Waals surface area contributed by atoms with Crippen LogP contribution in [-0.2, 0) is 26.3 Å². The molecule has 10 heteroatoms. The molecule has 0 aliphatic heterocycles. The van der Waals surface area contributed by atoms with Gasteiger partial charge in [-0.15, -0.1) is 0 Å². The molecule has 1 atom stereocenters. The number of para-hydroxylation sites is 1. The molecule has 186 valence electrons. The summed E-state index contributed by atoms with van der Waals surface area (Å²) in [7, 11) is -1.28. The van der Waals surface area contributed by atoms with Gasteiger partial charge in [-0.3, -0.25) is 9.59 Å². The summed E-state index contributed by atoms with van der Waals surface area (Å²) < 4.78 is 42.4. The molecule has 8 nitrogen and oxygen atoms in total. The van der Waals surface area contributed by atoms with Crippen molar-refractivity contribution in [3.63, 3.8) is 0 Å². The van der Waals surface area contributed by atoms with Gasteiger partial charge in [0.05, 0.1) is 5.69 Å². The smallest absolute Gasteiger partial charge is 0.304 e. The molecule has 0 bridgehead atoms. The van der Waals surface area contributed by atoms with Gasteiger partial charge >= 0.3 is 10.2 Å². The minimum atomic E-state index is -4.02. The predicted molar refractivity (Wildman–Crippen MR) is 131 cm³/mol. The second-order valence-corrected chi connectivity index (χ2v) is 10.1. The molecule has 2 aromatic carbocycles. The topological polar surface area (TPSA) is 90.0 Å². The number of hydrogen-bond donors (Lipinski definition) is 1. The minimum absolute atomic E-state index is 0.182. The molecule has 2 rings (SSSR count). The van der Waals surface area contributed by atoms with Gasteiger partial charge in [0, 0.05) is 32.7 Å². The van der Waals surface area contributed by atoms with Gasteiger partial charge in [-0.1, -0.05) is 49.7 Å². The Bertz CT molecular complexity index is 1060. The summed E-state index contributed by atoms with van der Waals surface area (Å²) in [5.41, 5.74) is 0.529. The maximum atomic E-state index is 14.4.